The highest BCUT2D eigenvalue weighted by Gasteiger charge is 2.43. The topological polar surface area (TPSA) is 284 Å². The molecule has 7 unspecified atom stereocenters. The molecule has 3 N–H and O–H groups in total. The van der Waals surface area contributed by atoms with E-state index in [0.717, 1.165) is 116 Å². The average Bonchev–Trinajstić information content (AvgIpc) is 0.835. The average molecular weight is 1450 g/mol. The van der Waals surface area contributed by atoms with Crippen LogP contribution in [0.25, 0.3) is 0 Å². The second kappa shape index (κ2) is 52.0. The van der Waals surface area contributed by atoms with Gasteiger partial charge < -0.3 is 76.9 Å². The number of ketones is 2. The highest BCUT2D eigenvalue weighted by atomic mass is 31.2. The highest BCUT2D eigenvalue weighted by molar-refractivity contribution is 7.53. The molecule has 0 spiro atoms. The number of carbonyl (C=O) groups is 6. The van der Waals surface area contributed by atoms with Crippen molar-refractivity contribution >= 4 is 43.0 Å². The zero-order valence-corrected chi connectivity index (χ0v) is 65.3. The molecule has 0 aromatic heterocycles. The summed E-state index contributed by atoms with van der Waals surface area (Å²) < 4.78 is 89.7. The minimum absolute atomic E-state index is 0.116. The lowest BCUT2D eigenvalue weighted by Crippen LogP contribution is -2.57. The molecule has 3 saturated heterocycles. The molecule has 3 aliphatic heterocycles. The van der Waals surface area contributed by atoms with Crippen molar-refractivity contribution in [3.63, 3.8) is 0 Å². The number of rotatable bonds is 58. The molecule has 3 heterocycles. The minimum Gasteiger partial charge on any atom is -0.463 e. The van der Waals surface area contributed by atoms with E-state index in [-0.39, 0.29) is 193 Å². The molecule has 584 valence electrons. The van der Waals surface area contributed by atoms with Crippen molar-refractivity contribution in [2.45, 2.75) is 299 Å². The van der Waals surface area contributed by atoms with Crippen LogP contribution in [-0.2, 0) is 94.7 Å². The van der Waals surface area contributed by atoms with E-state index in [1.165, 1.54) is 20.8 Å². The van der Waals surface area contributed by atoms with Gasteiger partial charge in [-0.25, -0.2) is 0 Å². The van der Waals surface area contributed by atoms with Gasteiger partial charge in [0.1, 0.15) is 31.4 Å². The van der Waals surface area contributed by atoms with Crippen LogP contribution in [0.4, 0.5) is 0 Å². The number of ether oxygens (including phenoxy) is 12. The number of unbranched alkanes of at least 4 members (excludes halogenated alkanes) is 15. The third-order valence-corrected chi connectivity index (χ3v) is 23.0. The quantitative estimate of drug-likeness (QED) is 0.0221. The van der Waals surface area contributed by atoms with Gasteiger partial charge in [0.05, 0.1) is 75.8 Å². The van der Waals surface area contributed by atoms with Crippen LogP contribution >= 0.6 is 7.60 Å². The first-order valence-corrected chi connectivity index (χ1v) is 40.3. The summed E-state index contributed by atoms with van der Waals surface area (Å²) >= 11 is 0. The molecule has 100 heavy (non-hydrogen) atoms. The Hall–Kier alpha value is -3.03. The lowest BCUT2D eigenvalue weighted by Gasteiger charge is -2.43. The molecule has 0 aliphatic carbocycles. The Bertz CT molecular complexity index is 2090. The normalized spacial score (nSPS) is 26.7. The number of Topliss-reactive ketones (excluding diaryl/α,β-unsaturated/α-hetero) is 2. The summed E-state index contributed by atoms with van der Waals surface area (Å²) in [5, 5.41) is 6.73. The first-order valence-electron chi connectivity index (χ1n) is 38.6. The third kappa shape index (κ3) is 37.8. The zero-order valence-electron chi connectivity index (χ0n) is 64.4. The lowest BCUT2D eigenvalue weighted by molar-refractivity contribution is -0.255. The smallest absolute Gasteiger partial charge is 0.330 e. The number of esters is 3. The zero-order chi connectivity index (χ0) is 73.9. The SMILES string of the molecule is CC(=O)OCC1O[C@@H](OCCCCCCCC(=O)CCOCC(COCCC(=O)CCCCCCCO[C@@H]2OC(COC(C)=O)[C@H](C)[C@H](C)C2C)(COCCC(=O)NCCCCCCO[C@@H]2OC(COC(C)=O)[C@H](C)[C@H](C)C2C)NCCCCCCCOP(=O)(O)C(C)C)C(C)[C@@H](C)[C@H]1C. The molecule has 0 aromatic carbocycles. The Labute approximate surface area is 602 Å². The Morgan fingerprint density at radius 3 is 1.08 bits per heavy atom. The monoisotopic (exact) mass is 1450 g/mol. The van der Waals surface area contributed by atoms with Crippen LogP contribution in [0.15, 0.2) is 0 Å². The first kappa shape index (κ1) is 91.2. The maximum absolute atomic E-state index is 13.2. The largest absolute Gasteiger partial charge is 0.463 e. The first-order chi connectivity index (χ1) is 47.7. The minimum atomic E-state index is -3.62. The van der Waals surface area contributed by atoms with E-state index in [1.807, 2.05) is 0 Å². The second-order valence-electron chi connectivity index (χ2n) is 29.6. The predicted molar refractivity (Wildman–Crippen MR) is 384 cm³/mol. The number of carbonyl (C=O) groups excluding carboxylic acids is 6. The Morgan fingerprint density at radius 2 is 0.720 bits per heavy atom. The van der Waals surface area contributed by atoms with Gasteiger partial charge in [0.15, 0.2) is 18.9 Å². The molecule has 3 aliphatic rings. The van der Waals surface area contributed by atoms with Gasteiger partial charge in [-0.3, -0.25) is 33.3 Å². The van der Waals surface area contributed by atoms with Crippen molar-refractivity contribution in [2.24, 2.45) is 53.3 Å². The van der Waals surface area contributed by atoms with Crippen LogP contribution in [0, 0.1) is 53.3 Å². The van der Waals surface area contributed by atoms with Gasteiger partial charge in [0.2, 0.25) is 5.91 Å². The van der Waals surface area contributed by atoms with Crippen LogP contribution in [0.3, 0.4) is 0 Å². The van der Waals surface area contributed by atoms with Crippen molar-refractivity contribution in [1.29, 1.82) is 0 Å². The van der Waals surface area contributed by atoms with Gasteiger partial charge in [-0.2, -0.15) is 0 Å². The molecule has 23 nitrogen and oxygen atoms in total. The molecular weight excluding hydrogens is 1310 g/mol. The van der Waals surface area contributed by atoms with E-state index in [2.05, 4.69) is 72.9 Å². The molecule has 0 aromatic rings. The van der Waals surface area contributed by atoms with Gasteiger partial charge in [-0.05, 0) is 93.4 Å². The van der Waals surface area contributed by atoms with Crippen LogP contribution in [0.1, 0.15) is 251 Å². The molecule has 0 saturated carbocycles. The molecular formula is C76H139N2O21P. The van der Waals surface area contributed by atoms with Crippen molar-refractivity contribution < 1.29 is 99.6 Å². The van der Waals surface area contributed by atoms with Crippen LogP contribution in [-0.4, -0.2) is 188 Å². The predicted octanol–water partition coefficient (Wildman–Crippen LogP) is 13.2. The molecule has 0 radical (unpaired) electrons. The Balaban J connectivity index is 1.53. The molecule has 0 bridgehead atoms. The molecule has 16 atom stereocenters. The van der Waals surface area contributed by atoms with E-state index in [0.29, 0.717) is 69.9 Å². The van der Waals surface area contributed by atoms with E-state index >= 15 is 0 Å². The summed E-state index contributed by atoms with van der Waals surface area (Å²) in [5.74, 6) is 1.54. The summed E-state index contributed by atoms with van der Waals surface area (Å²) in [6.07, 6.45) is 16.6. The summed E-state index contributed by atoms with van der Waals surface area (Å²) in [5.41, 5.74) is -1.33. The fourth-order valence-electron chi connectivity index (χ4n) is 12.9. The molecule has 24 heteroatoms. The molecule has 3 fully saturated rings. The number of hydrogen-bond acceptors (Lipinski definition) is 21. The maximum atomic E-state index is 13.2. The fraction of sp³-hybridized carbons (Fsp3) is 0.921. The van der Waals surface area contributed by atoms with E-state index < -0.39 is 18.8 Å². The van der Waals surface area contributed by atoms with Gasteiger partial charge in [-0.1, -0.05) is 147 Å². The second-order valence-corrected chi connectivity index (χ2v) is 32.1. The Kier molecular flexibility index (Phi) is 47.4. The van der Waals surface area contributed by atoms with Crippen molar-refractivity contribution in [3.8, 4) is 0 Å². The highest BCUT2D eigenvalue weighted by Crippen LogP contribution is 2.47. The lowest BCUT2D eigenvalue weighted by atomic mass is 9.79. The summed E-state index contributed by atoms with van der Waals surface area (Å²) in [7, 11) is -3.62. The van der Waals surface area contributed by atoms with E-state index in [9.17, 15) is 38.2 Å². The van der Waals surface area contributed by atoms with E-state index in [1.54, 1.807) is 13.8 Å². The maximum Gasteiger partial charge on any atom is 0.330 e. The standard InChI is InChI=1S/C76H139N2O21P/c1-54(2)100(85,86)96-44-33-24-17-20-29-40-78-76(51-87-45-36-67(82)34-26-18-15-22-30-41-90-73-61(9)55(3)58(6)69(97-73)48-93-64(12)79,52-88-46-37-68(83)35-27-19-16-23-31-42-91-74-62(10)56(4)59(7)70(98-74)49-94-65(13)80)53-89-47-38-72(84)77-39-28-21-25-32-43-92-75-63(11)57(5)60(8)71(99-75)50-95-66(14)81/h54-63,69-71,73-75,78H,15-53H2,1-14H3,(H,77,84)(H,85,86)/t55-,56-,57-,58+,59+,60+,61?,62?,63?,69?,70?,71?,73+,74+,75+,76?/m0/s1. The van der Waals surface area contributed by atoms with Gasteiger partial charge in [0.25, 0.3) is 0 Å². The van der Waals surface area contributed by atoms with Crippen LogP contribution in [0.2, 0.25) is 0 Å². The van der Waals surface area contributed by atoms with Gasteiger partial charge >= 0.3 is 25.5 Å². The number of hydrogen-bond donors (Lipinski definition) is 3. The van der Waals surface area contributed by atoms with Crippen LogP contribution < -0.4 is 10.6 Å². The number of amides is 1. The van der Waals surface area contributed by atoms with Crippen molar-refractivity contribution in [2.75, 3.05) is 99.0 Å². The summed E-state index contributed by atoms with van der Waals surface area (Å²) in [6, 6.07) is 0. The van der Waals surface area contributed by atoms with Crippen molar-refractivity contribution in [3.05, 3.63) is 0 Å². The summed E-state index contributed by atoms with van der Waals surface area (Å²) in [6.45, 7) is 31.7. The Morgan fingerprint density at radius 1 is 0.400 bits per heavy atom. The molecule has 1 amide bonds. The van der Waals surface area contributed by atoms with Gasteiger partial charge in [0, 0.05) is 97.0 Å². The summed E-state index contributed by atoms with van der Waals surface area (Å²) in [4.78, 5) is 84.1. The fourth-order valence-corrected chi connectivity index (χ4v) is 13.6. The molecule has 3 rings (SSSR count). The third-order valence-electron chi connectivity index (χ3n) is 21.2. The number of nitrogens with one attached hydrogen (secondary N) is 2. The van der Waals surface area contributed by atoms with Gasteiger partial charge in [-0.15, -0.1) is 0 Å². The van der Waals surface area contributed by atoms with Crippen molar-refractivity contribution in [1.82, 2.24) is 10.6 Å². The van der Waals surface area contributed by atoms with Crippen LogP contribution in [0.5, 0.6) is 0 Å². The van der Waals surface area contributed by atoms with E-state index in [4.69, 9.17) is 61.4 Å².